The number of nitrogens with zero attached hydrogens (tertiary/aromatic N) is 6. The summed E-state index contributed by atoms with van der Waals surface area (Å²) in [6.45, 7) is 11.1. The van der Waals surface area contributed by atoms with E-state index in [1.165, 1.54) is 13.1 Å². The highest BCUT2D eigenvalue weighted by atomic mass is 15.3. The summed E-state index contributed by atoms with van der Waals surface area (Å²) in [5.41, 5.74) is 0. The molecule has 19 heavy (non-hydrogen) atoms. The van der Waals surface area contributed by atoms with E-state index in [1.807, 2.05) is 6.07 Å². The molecule has 1 fully saturated rings. The fraction of sp³-hybridized carbons (Fsp3) is 0.769. The van der Waals surface area contributed by atoms with Crippen LogP contribution in [0.4, 0.5) is 0 Å². The molecular weight excluding hydrogens is 240 g/mol. The summed E-state index contributed by atoms with van der Waals surface area (Å²) in [4.78, 5) is 8.92. The molecule has 1 aliphatic rings. The van der Waals surface area contributed by atoms with Gasteiger partial charge in [-0.15, -0.1) is 5.10 Å². The third-order valence-electron chi connectivity index (χ3n) is 3.64. The lowest BCUT2D eigenvalue weighted by molar-refractivity contribution is 0.107. The minimum Gasteiger partial charge on any atom is -0.301 e. The smallest absolute Gasteiger partial charge is 0.252 e. The van der Waals surface area contributed by atoms with Crippen LogP contribution >= 0.6 is 0 Å². The Morgan fingerprint density at radius 1 is 1.26 bits per heavy atom. The fourth-order valence-corrected chi connectivity index (χ4v) is 2.41. The Hall–Kier alpha value is -1.45. The molecule has 0 amide bonds. The second kappa shape index (κ2) is 6.64. The van der Waals surface area contributed by atoms with Gasteiger partial charge in [-0.25, -0.2) is 4.98 Å². The minimum atomic E-state index is 0.255. The molecule has 0 aliphatic carbocycles. The predicted octanol–water partition coefficient (Wildman–Crippen LogP) is 0.566. The van der Waals surface area contributed by atoms with Gasteiger partial charge < -0.3 is 4.90 Å². The first-order valence-electron chi connectivity index (χ1n) is 6.95. The van der Waals surface area contributed by atoms with Crippen LogP contribution in [0.3, 0.4) is 0 Å². The molecule has 0 bridgehead atoms. The summed E-state index contributed by atoms with van der Waals surface area (Å²) in [6, 6.07) is 2.60. The Morgan fingerprint density at radius 2 is 2.00 bits per heavy atom. The zero-order chi connectivity index (χ0) is 13.7. The van der Waals surface area contributed by atoms with E-state index in [9.17, 15) is 0 Å². The van der Waals surface area contributed by atoms with Crippen molar-refractivity contribution in [1.29, 1.82) is 5.26 Å². The number of nitriles is 1. The maximum absolute atomic E-state index is 8.65. The normalized spacial score (nSPS) is 17.8. The van der Waals surface area contributed by atoms with E-state index in [4.69, 9.17) is 5.26 Å². The van der Waals surface area contributed by atoms with E-state index in [2.05, 4.69) is 33.7 Å². The molecule has 1 aromatic heterocycles. The van der Waals surface area contributed by atoms with Gasteiger partial charge in [0.15, 0.2) is 0 Å². The Morgan fingerprint density at radius 3 is 2.58 bits per heavy atom. The lowest BCUT2D eigenvalue weighted by Gasteiger charge is -2.36. The van der Waals surface area contributed by atoms with Crippen LogP contribution in [0.5, 0.6) is 0 Å². The highest BCUT2D eigenvalue weighted by Gasteiger charge is 2.18. The van der Waals surface area contributed by atoms with Crippen molar-refractivity contribution in [2.75, 3.05) is 32.7 Å². The summed E-state index contributed by atoms with van der Waals surface area (Å²) in [5.74, 6) is 0.255. The molecule has 2 rings (SSSR count). The molecule has 2 heterocycles. The summed E-state index contributed by atoms with van der Waals surface area (Å²) < 4.78 is 1.75. The van der Waals surface area contributed by atoms with E-state index < -0.39 is 0 Å². The van der Waals surface area contributed by atoms with Gasteiger partial charge in [-0.3, -0.25) is 9.58 Å². The van der Waals surface area contributed by atoms with Crippen molar-refractivity contribution in [3.63, 3.8) is 0 Å². The molecule has 0 aromatic carbocycles. The number of aryl methyl sites for hydroxylation is 1. The number of aromatic nitrogens is 3. The Balaban J connectivity index is 1.66. The van der Waals surface area contributed by atoms with Gasteiger partial charge in [0, 0.05) is 45.3 Å². The van der Waals surface area contributed by atoms with Gasteiger partial charge in [0.2, 0.25) is 0 Å². The minimum absolute atomic E-state index is 0.255. The van der Waals surface area contributed by atoms with Crippen molar-refractivity contribution in [1.82, 2.24) is 24.6 Å². The van der Waals surface area contributed by atoms with Crippen LogP contribution < -0.4 is 0 Å². The molecule has 0 radical (unpaired) electrons. The summed E-state index contributed by atoms with van der Waals surface area (Å²) in [6.07, 6.45) is 2.69. The van der Waals surface area contributed by atoms with Crippen molar-refractivity contribution >= 4 is 0 Å². The maximum Gasteiger partial charge on any atom is 0.252 e. The number of rotatable bonds is 5. The second-order valence-corrected chi connectivity index (χ2v) is 5.27. The number of hydrogen-bond donors (Lipinski definition) is 0. The summed E-state index contributed by atoms with van der Waals surface area (Å²) in [5, 5.41) is 12.7. The average molecular weight is 262 g/mol. The van der Waals surface area contributed by atoms with Gasteiger partial charge >= 0.3 is 0 Å². The predicted molar refractivity (Wildman–Crippen MR) is 72.5 cm³/mol. The molecule has 0 saturated carbocycles. The van der Waals surface area contributed by atoms with Crippen LogP contribution in [0.25, 0.3) is 0 Å². The zero-order valence-corrected chi connectivity index (χ0v) is 11.8. The van der Waals surface area contributed by atoms with Crippen LogP contribution in [-0.2, 0) is 6.54 Å². The first-order valence-corrected chi connectivity index (χ1v) is 6.95. The van der Waals surface area contributed by atoms with Gasteiger partial charge in [0.1, 0.15) is 12.4 Å². The first kappa shape index (κ1) is 14.0. The van der Waals surface area contributed by atoms with E-state index >= 15 is 0 Å². The first-order chi connectivity index (χ1) is 9.19. The summed E-state index contributed by atoms with van der Waals surface area (Å²) >= 11 is 0. The lowest BCUT2D eigenvalue weighted by atomic mass is 10.2. The number of piperazine rings is 1. The highest BCUT2D eigenvalue weighted by molar-refractivity contribution is 5.05. The van der Waals surface area contributed by atoms with Gasteiger partial charge in [-0.05, 0) is 20.3 Å². The van der Waals surface area contributed by atoms with Crippen LogP contribution in [0.1, 0.15) is 26.1 Å². The molecule has 1 saturated heterocycles. The summed E-state index contributed by atoms with van der Waals surface area (Å²) in [7, 11) is 0. The van der Waals surface area contributed by atoms with Crippen LogP contribution in [0.2, 0.25) is 0 Å². The molecule has 6 nitrogen and oxygen atoms in total. The fourth-order valence-electron chi connectivity index (χ4n) is 2.41. The van der Waals surface area contributed by atoms with Gasteiger partial charge in [-0.1, -0.05) is 0 Å². The molecule has 0 atom stereocenters. The van der Waals surface area contributed by atoms with E-state index in [0.29, 0.717) is 6.04 Å². The van der Waals surface area contributed by atoms with Crippen molar-refractivity contribution in [3.05, 3.63) is 12.2 Å². The largest absolute Gasteiger partial charge is 0.301 e. The quantitative estimate of drug-likeness (QED) is 0.776. The Kier molecular flexibility index (Phi) is 4.88. The van der Waals surface area contributed by atoms with Crippen molar-refractivity contribution in [3.8, 4) is 6.07 Å². The maximum atomic E-state index is 8.65. The molecule has 1 aromatic rings. The van der Waals surface area contributed by atoms with Gasteiger partial charge in [-0.2, -0.15) is 5.26 Å². The van der Waals surface area contributed by atoms with Crippen LogP contribution in [0.15, 0.2) is 6.33 Å². The second-order valence-electron chi connectivity index (χ2n) is 5.27. The van der Waals surface area contributed by atoms with Crippen LogP contribution in [0, 0.1) is 11.3 Å². The third kappa shape index (κ3) is 4.01. The Labute approximate surface area is 114 Å². The molecule has 1 aliphatic heterocycles. The van der Waals surface area contributed by atoms with Crippen molar-refractivity contribution in [2.45, 2.75) is 32.9 Å². The van der Waals surface area contributed by atoms with E-state index in [1.54, 1.807) is 11.0 Å². The molecule has 0 unspecified atom stereocenters. The average Bonchev–Trinajstić information content (AvgIpc) is 2.87. The molecule has 104 valence electrons. The monoisotopic (exact) mass is 262 g/mol. The standard InChI is InChI=1S/C13H22N6/c1-12(2)18-8-6-17(7-9-18)4-3-5-19-11-15-13(10-14)16-19/h11-12H,3-9H2,1-2H3. The van der Waals surface area contributed by atoms with Gasteiger partial charge in [0.05, 0.1) is 0 Å². The molecule has 0 spiro atoms. The third-order valence-corrected chi connectivity index (χ3v) is 3.64. The molecule has 0 N–H and O–H groups in total. The zero-order valence-electron chi connectivity index (χ0n) is 11.8. The Bertz CT molecular complexity index is 425. The highest BCUT2D eigenvalue weighted by Crippen LogP contribution is 2.06. The molecular formula is C13H22N6. The van der Waals surface area contributed by atoms with E-state index in [0.717, 1.165) is 32.6 Å². The topological polar surface area (TPSA) is 61.0 Å². The van der Waals surface area contributed by atoms with E-state index in [-0.39, 0.29) is 5.82 Å². The lowest BCUT2D eigenvalue weighted by Crippen LogP contribution is -2.49. The van der Waals surface area contributed by atoms with Crippen LogP contribution in [-0.4, -0.2) is 63.3 Å². The molecule has 6 heteroatoms. The van der Waals surface area contributed by atoms with Gasteiger partial charge in [0.25, 0.3) is 5.82 Å². The van der Waals surface area contributed by atoms with Crippen molar-refractivity contribution in [2.24, 2.45) is 0 Å². The number of hydrogen-bond acceptors (Lipinski definition) is 5. The van der Waals surface area contributed by atoms with Crippen molar-refractivity contribution < 1.29 is 0 Å². The SMILES string of the molecule is CC(C)N1CCN(CCCn2cnc(C#N)n2)CC1.